The van der Waals surface area contributed by atoms with E-state index in [0.717, 1.165) is 0 Å². The van der Waals surface area contributed by atoms with Gasteiger partial charge in [-0.25, -0.2) is 4.39 Å². The van der Waals surface area contributed by atoms with Crippen LogP contribution in [0.1, 0.15) is 0 Å². The number of nitro groups is 1. The van der Waals surface area contributed by atoms with Gasteiger partial charge < -0.3 is 15.4 Å². The summed E-state index contributed by atoms with van der Waals surface area (Å²) >= 11 is 11.0. The molecule has 0 atom stereocenters. The van der Waals surface area contributed by atoms with Crippen molar-refractivity contribution in [2.24, 2.45) is 0 Å². The van der Waals surface area contributed by atoms with Gasteiger partial charge in [-0.3, -0.25) is 10.1 Å². The van der Waals surface area contributed by atoms with Crippen molar-refractivity contribution >= 4 is 46.0 Å². The minimum Gasteiger partial charge on any atom is -0.457 e. The summed E-state index contributed by atoms with van der Waals surface area (Å²) in [5.41, 5.74) is 0.303. The Hall–Kier alpha value is -3.23. The molecule has 2 N–H and O–H groups in total. The summed E-state index contributed by atoms with van der Waals surface area (Å²) in [6, 6.07) is 16.7. The summed E-state index contributed by atoms with van der Waals surface area (Å²) < 4.78 is 19.4. The van der Waals surface area contributed by atoms with Crippen molar-refractivity contribution in [3.63, 3.8) is 0 Å². The Kier molecular flexibility index (Phi) is 6.03. The Bertz CT molecular complexity index is 1030. The minimum atomic E-state index is -0.548. The molecular weight excluding hydrogens is 405 g/mol. The smallest absolute Gasteiger partial charge is 0.275 e. The first-order valence-electron chi connectivity index (χ1n) is 7.96. The van der Waals surface area contributed by atoms with E-state index < -0.39 is 10.7 Å². The van der Waals surface area contributed by atoms with E-state index in [1.54, 1.807) is 36.4 Å². The predicted molar refractivity (Wildman–Crippen MR) is 111 cm³/mol. The maximum atomic E-state index is 13.7. The van der Waals surface area contributed by atoms with Crippen molar-refractivity contribution in [2.75, 3.05) is 10.6 Å². The third-order valence-electron chi connectivity index (χ3n) is 3.53. The average Bonchev–Trinajstić information content (AvgIpc) is 2.65. The fraction of sp³-hybridized carbons (Fsp3) is 0. The second-order valence-electron chi connectivity index (χ2n) is 5.59. The molecule has 0 aliphatic carbocycles. The van der Waals surface area contributed by atoms with Crippen LogP contribution in [0.4, 0.5) is 21.5 Å². The number of rotatable bonds is 5. The van der Waals surface area contributed by atoms with E-state index in [1.165, 1.54) is 30.3 Å². The molecule has 3 aromatic rings. The van der Waals surface area contributed by atoms with Crippen LogP contribution < -0.4 is 15.4 Å². The maximum Gasteiger partial charge on any atom is 0.275 e. The molecule has 0 fully saturated rings. The molecule has 142 valence electrons. The van der Waals surface area contributed by atoms with Gasteiger partial charge in [0.2, 0.25) is 0 Å². The second kappa shape index (κ2) is 8.64. The van der Waals surface area contributed by atoms with Crippen molar-refractivity contribution in [1.82, 2.24) is 0 Å². The van der Waals surface area contributed by atoms with Crippen LogP contribution in [0.5, 0.6) is 11.5 Å². The van der Waals surface area contributed by atoms with Gasteiger partial charge >= 0.3 is 0 Å². The van der Waals surface area contributed by atoms with Crippen molar-refractivity contribution < 1.29 is 14.1 Å². The van der Waals surface area contributed by atoms with Gasteiger partial charge in [-0.15, -0.1) is 0 Å². The van der Waals surface area contributed by atoms with E-state index in [9.17, 15) is 14.5 Å². The molecule has 0 heterocycles. The van der Waals surface area contributed by atoms with Crippen LogP contribution >= 0.6 is 23.8 Å². The molecule has 0 unspecified atom stereocenters. The quantitative estimate of drug-likeness (QED) is 0.302. The monoisotopic (exact) mass is 417 g/mol. The SMILES string of the molecule is O=[N+]([O-])c1cc(NC(=S)Nc2ccccc2F)cc(Oc2ccc(Cl)cc2)c1. The van der Waals surface area contributed by atoms with Crippen molar-refractivity contribution in [3.8, 4) is 11.5 Å². The highest BCUT2D eigenvalue weighted by molar-refractivity contribution is 7.80. The lowest BCUT2D eigenvalue weighted by atomic mass is 10.2. The molecule has 28 heavy (non-hydrogen) atoms. The Morgan fingerprint density at radius 2 is 1.75 bits per heavy atom. The zero-order valence-corrected chi connectivity index (χ0v) is 15.8. The molecule has 3 aromatic carbocycles. The Balaban J connectivity index is 1.80. The Labute approximate surface area is 170 Å². The van der Waals surface area contributed by atoms with Crippen LogP contribution in [-0.2, 0) is 0 Å². The fourth-order valence-electron chi connectivity index (χ4n) is 2.31. The largest absolute Gasteiger partial charge is 0.457 e. The number of nitrogens with zero attached hydrogens (tertiary/aromatic N) is 1. The van der Waals surface area contributed by atoms with E-state index in [0.29, 0.717) is 16.5 Å². The van der Waals surface area contributed by atoms with Crippen LogP contribution in [0.2, 0.25) is 5.02 Å². The standard InChI is InChI=1S/C19H13ClFN3O3S/c20-12-5-7-15(8-6-12)27-16-10-13(9-14(11-16)24(25)26)22-19(28)23-18-4-2-1-3-17(18)21/h1-11H,(H2,22,23,28). The Morgan fingerprint density at radius 1 is 1.04 bits per heavy atom. The molecule has 0 bridgehead atoms. The minimum absolute atomic E-state index is 0.0723. The first-order chi connectivity index (χ1) is 13.4. The number of nitro benzene ring substituents is 1. The van der Waals surface area contributed by atoms with Crippen molar-refractivity contribution in [3.05, 3.63) is 87.7 Å². The highest BCUT2D eigenvalue weighted by Gasteiger charge is 2.13. The summed E-state index contributed by atoms with van der Waals surface area (Å²) in [5, 5.41) is 17.3. The van der Waals surface area contributed by atoms with Gasteiger partial charge in [-0.2, -0.15) is 0 Å². The van der Waals surface area contributed by atoms with Gasteiger partial charge in [0.05, 0.1) is 22.4 Å². The number of thiocarbonyl (C=S) groups is 1. The first-order valence-corrected chi connectivity index (χ1v) is 8.75. The number of hydrogen-bond acceptors (Lipinski definition) is 4. The van der Waals surface area contributed by atoms with E-state index in [-0.39, 0.29) is 22.2 Å². The molecule has 0 saturated heterocycles. The second-order valence-corrected chi connectivity index (χ2v) is 6.43. The number of benzene rings is 3. The molecule has 0 saturated carbocycles. The van der Waals surface area contributed by atoms with E-state index in [2.05, 4.69) is 10.6 Å². The molecule has 0 spiro atoms. The molecule has 0 aliphatic rings. The van der Waals surface area contributed by atoms with E-state index in [1.807, 2.05) is 0 Å². The topological polar surface area (TPSA) is 76.4 Å². The molecule has 0 aliphatic heterocycles. The number of halogens is 2. The van der Waals surface area contributed by atoms with Crippen LogP contribution in [0, 0.1) is 15.9 Å². The zero-order chi connectivity index (χ0) is 20.1. The van der Waals surface area contributed by atoms with Crippen LogP contribution in [0.15, 0.2) is 66.7 Å². The van der Waals surface area contributed by atoms with Gasteiger partial charge in [0.1, 0.15) is 17.3 Å². The van der Waals surface area contributed by atoms with E-state index in [4.69, 9.17) is 28.6 Å². The highest BCUT2D eigenvalue weighted by atomic mass is 35.5. The van der Waals surface area contributed by atoms with Crippen LogP contribution in [-0.4, -0.2) is 10.0 Å². The normalized spacial score (nSPS) is 10.2. The lowest BCUT2D eigenvalue weighted by Crippen LogP contribution is -2.19. The summed E-state index contributed by atoms with van der Waals surface area (Å²) in [6.45, 7) is 0. The summed E-state index contributed by atoms with van der Waals surface area (Å²) in [7, 11) is 0. The third kappa shape index (κ3) is 5.15. The van der Waals surface area contributed by atoms with Crippen LogP contribution in [0.3, 0.4) is 0 Å². The first kappa shape index (κ1) is 19.5. The van der Waals surface area contributed by atoms with Gasteiger partial charge in [-0.05, 0) is 48.6 Å². The number of anilines is 2. The fourth-order valence-corrected chi connectivity index (χ4v) is 2.66. The molecular formula is C19H13ClFN3O3S. The van der Waals surface area contributed by atoms with Gasteiger partial charge in [0, 0.05) is 17.2 Å². The van der Waals surface area contributed by atoms with Gasteiger partial charge in [0.15, 0.2) is 5.11 Å². The van der Waals surface area contributed by atoms with Crippen LogP contribution in [0.25, 0.3) is 0 Å². The molecule has 9 heteroatoms. The molecule has 0 radical (unpaired) electrons. The third-order valence-corrected chi connectivity index (χ3v) is 3.99. The highest BCUT2D eigenvalue weighted by Crippen LogP contribution is 2.30. The predicted octanol–water partition coefficient (Wildman–Crippen LogP) is 5.99. The number of ether oxygens (including phenoxy) is 1. The number of hydrogen-bond donors (Lipinski definition) is 2. The lowest BCUT2D eigenvalue weighted by molar-refractivity contribution is -0.384. The zero-order valence-electron chi connectivity index (χ0n) is 14.2. The lowest BCUT2D eigenvalue weighted by Gasteiger charge is -2.12. The summed E-state index contributed by atoms with van der Waals surface area (Å²) in [6.07, 6.45) is 0. The summed E-state index contributed by atoms with van der Waals surface area (Å²) in [4.78, 5) is 10.7. The Morgan fingerprint density at radius 3 is 2.43 bits per heavy atom. The molecule has 3 rings (SSSR count). The number of non-ortho nitro benzene ring substituents is 1. The van der Waals surface area contributed by atoms with Gasteiger partial charge in [0.25, 0.3) is 5.69 Å². The van der Waals surface area contributed by atoms with Gasteiger partial charge in [-0.1, -0.05) is 23.7 Å². The maximum absolute atomic E-state index is 13.7. The van der Waals surface area contributed by atoms with Crippen molar-refractivity contribution in [2.45, 2.75) is 0 Å². The molecule has 0 aromatic heterocycles. The van der Waals surface area contributed by atoms with Crippen molar-refractivity contribution in [1.29, 1.82) is 0 Å². The van der Waals surface area contributed by atoms with E-state index >= 15 is 0 Å². The molecule has 0 amide bonds. The number of nitrogens with one attached hydrogen (secondary N) is 2. The molecule has 6 nitrogen and oxygen atoms in total. The number of para-hydroxylation sites is 1. The average molecular weight is 418 g/mol. The summed E-state index contributed by atoms with van der Waals surface area (Å²) in [5.74, 6) is 0.216.